The summed E-state index contributed by atoms with van der Waals surface area (Å²) in [5.74, 6) is -0.0283. The minimum atomic E-state index is -0.0283. The van der Waals surface area contributed by atoms with Crippen LogP contribution < -0.4 is 11.1 Å². The molecule has 0 unspecified atom stereocenters. The number of likely N-dealkylation sites (tertiary alicyclic amines) is 1. The number of hydrogen-bond acceptors (Lipinski definition) is 4. The summed E-state index contributed by atoms with van der Waals surface area (Å²) < 4.78 is 0. The second-order valence-corrected chi connectivity index (χ2v) is 6.68. The molecule has 1 aromatic heterocycles. The lowest BCUT2D eigenvalue weighted by molar-refractivity contribution is 0.0954. The maximum atomic E-state index is 12.2. The number of aromatic nitrogens is 1. The van der Waals surface area contributed by atoms with E-state index in [0.29, 0.717) is 18.2 Å². The number of amides is 1. The van der Waals surface area contributed by atoms with Gasteiger partial charge in [-0.3, -0.25) is 14.7 Å². The third-order valence-corrected chi connectivity index (χ3v) is 4.68. The van der Waals surface area contributed by atoms with E-state index in [1.54, 1.807) is 6.20 Å². The molecule has 2 heterocycles. The van der Waals surface area contributed by atoms with Gasteiger partial charge in [-0.1, -0.05) is 18.2 Å². The summed E-state index contributed by atoms with van der Waals surface area (Å²) in [5.41, 5.74) is 9.01. The molecule has 1 aliphatic heterocycles. The Bertz CT molecular complexity index is 664. The number of rotatable bonds is 6. The summed E-state index contributed by atoms with van der Waals surface area (Å²) in [7, 11) is 0. The third kappa shape index (κ3) is 5.37. The first-order valence-corrected chi connectivity index (χ1v) is 8.95. The number of piperidine rings is 1. The maximum Gasteiger partial charge on any atom is 0.251 e. The van der Waals surface area contributed by atoms with Crippen molar-refractivity contribution in [3.05, 3.63) is 65.5 Å². The van der Waals surface area contributed by atoms with Crippen molar-refractivity contribution >= 4 is 5.91 Å². The Labute approximate surface area is 149 Å². The lowest BCUT2D eigenvalue weighted by atomic mass is 10.0. The van der Waals surface area contributed by atoms with Crippen LogP contribution in [0.15, 0.2) is 48.8 Å². The van der Waals surface area contributed by atoms with Crippen LogP contribution in [0.1, 0.15) is 34.3 Å². The fourth-order valence-corrected chi connectivity index (χ4v) is 3.10. The highest BCUT2D eigenvalue weighted by Gasteiger charge is 2.16. The van der Waals surface area contributed by atoms with Gasteiger partial charge in [0.1, 0.15) is 0 Å². The zero-order valence-corrected chi connectivity index (χ0v) is 14.5. The Hall–Kier alpha value is -2.24. The summed E-state index contributed by atoms with van der Waals surface area (Å²) in [6.07, 6.45) is 6.50. The van der Waals surface area contributed by atoms with Crippen molar-refractivity contribution in [1.29, 1.82) is 0 Å². The smallest absolute Gasteiger partial charge is 0.251 e. The van der Waals surface area contributed by atoms with Gasteiger partial charge < -0.3 is 11.1 Å². The summed E-state index contributed by atoms with van der Waals surface area (Å²) in [6.45, 7) is 3.64. The predicted octanol–water partition coefficient (Wildman–Crippen LogP) is 1.98. The van der Waals surface area contributed by atoms with Crippen LogP contribution in [0.4, 0.5) is 0 Å². The molecule has 2 aromatic rings. The molecule has 0 atom stereocenters. The Morgan fingerprint density at radius 3 is 2.60 bits per heavy atom. The first-order chi connectivity index (χ1) is 12.2. The SMILES string of the molecule is NC1CCN(Cc2ccc(C(=O)NCCc3cccnc3)cc2)CC1. The van der Waals surface area contributed by atoms with E-state index in [1.165, 1.54) is 5.56 Å². The van der Waals surface area contributed by atoms with Crippen molar-refractivity contribution < 1.29 is 4.79 Å². The molecular formula is C20H26N4O. The van der Waals surface area contributed by atoms with Crippen LogP contribution in [-0.2, 0) is 13.0 Å². The quantitative estimate of drug-likeness (QED) is 0.845. The van der Waals surface area contributed by atoms with E-state index in [-0.39, 0.29) is 5.91 Å². The number of carbonyl (C=O) groups is 1. The van der Waals surface area contributed by atoms with Crippen LogP contribution in [-0.4, -0.2) is 41.5 Å². The predicted molar refractivity (Wildman–Crippen MR) is 99.2 cm³/mol. The largest absolute Gasteiger partial charge is 0.352 e. The van der Waals surface area contributed by atoms with Crippen molar-refractivity contribution in [3.63, 3.8) is 0 Å². The van der Waals surface area contributed by atoms with E-state index in [1.807, 2.05) is 42.6 Å². The van der Waals surface area contributed by atoms with Gasteiger partial charge in [-0.05, 0) is 61.7 Å². The first-order valence-electron chi connectivity index (χ1n) is 8.95. The lowest BCUT2D eigenvalue weighted by Gasteiger charge is -2.30. The number of pyridine rings is 1. The molecule has 3 rings (SSSR count). The fraction of sp³-hybridized carbons (Fsp3) is 0.400. The first kappa shape index (κ1) is 17.6. The monoisotopic (exact) mass is 338 g/mol. The molecule has 1 aromatic carbocycles. The van der Waals surface area contributed by atoms with Gasteiger partial charge in [-0.25, -0.2) is 0 Å². The van der Waals surface area contributed by atoms with Gasteiger partial charge in [0.05, 0.1) is 0 Å². The molecule has 0 saturated carbocycles. The summed E-state index contributed by atoms with van der Waals surface area (Å²) >= 11 is 0. The van der Waals surface area contributed by atoms with E-state index < -0.39 is 0 Å². The van der Waals surface area contributed by atoms with E-state index in [4.69, 9.17) is 5.73 Å². The van der Waals surface area contributed by atoms with Gasteiger partial charge in [-0.15, -0.1) is 0 Å². The minimum Gasteiger partial charge on any atom is -0.352 e. The van der Waals surface area contributed by atoms with Crippen molar-refractivity contribution in [2.45, 2.75) is 31.8 Å². The highest BCUT2D eigenvalue weighted by molar-refractivity contribution is 5.94. The molecule has 1 aliphatic rings. The number of nitrogens with two attached hydrogens (primary N) is 1. The number of benzene rings is 1. The molecule has 1 fully saturated rings. The third-order valence-electron chi connectivity index (χ3n) is 4.68. The molecule has 0 spiro atoms. The topological polar surface area (TPSA) is 71.2 Å². The van der Waals surface area contributed by atoms with Crippen LogP contribution in [0.5, 0.6) is 0 Å². The fourth-order valence-electron chi connectivity index (χ4n) is 3.10. The van der Waals surface area contributed by atoms with Gasteiger partial charge in [-0.2, -0.15) is 0 Å². The van der Waals surface area contributed by atoms with Crippen molar-refractivity contribution in [2.75, 3.05) is 19.6 Å². The lowest BCUT2D eigenvalue weighted by Crippen LogP contribution is -2.39. The van der Waals surface area contributed by atoms with E-state index in [9.17, 15) is 4.79 Å². The molecule has 0 bridgehead atoms. The normalized spacial score (nSPS) is 15.9. The van der Waals surface area contributed by atoms with Crippen LogP contribution >= 0.6 is 0 Å². The van der Waals surface area contributed by atoms with Crippen LogP contribution in [0.25, 0.3) is 0 Å². The summed E-state index contributed by atoms with van der Waals surface area (Å²) in [4.78, 5) is 18.7. The standard InChI is InChI=1S/C20H26N4O/c21-19-8-12-24(13-9-19)15-17-3-5-18(6-4-17)20(25)23-11-7-16-2-1-10-22-14-16/h1-6,10,14,19H,7-9,11-13,15,21H2,(H,23,25). The Morgan fingerprint density at radius 2 is 1.92 bits per heavy atom. The number of hydrogen-bond donors (Lipinski definition) is 2. The molecule has 132 valence electrons. The van der Waals surface area contributed by atoms with E-state index >= 15 is 0 Å². The molecule has 3 N–H and O–H groups in total. The molecular weight excluding hydrogens is 312 g/mol. The minimum absolute atomic E-state index is 0.0283. The van der Waals surface area contributed by atoms with Crippen LogP contribution in [0, 0.1) is 0 Å². The van der Waals surface area contributed by atoms with Gasteiger partial charge in [0, 0.05) is 37.1 Å². The Balaban J connectivity index is 1.45. The average molecular weight is 338 g/mol. The van der Waals surface area contributed by atoms with Gasteiger partial charge >= 0.3 is 0 Å². The number of carbonyl (C=O) groups excluding carboxylic acids is 1. The van der Waals surface area contributed by atoms with Crippen molar-refractivity contribution in [3.8, 4) is 0 Å². The molecule has 0 aliphatic carbocycles. The maximum absolute atomic E-state index is 12.2. The highest BCUT2D eigenvalue weighted by atomic mass is 16.1. The summed E-state index contributed by atoms with van der Waals surface area (Å²) in [6, 6.07) is 12.2. The van der Waals surface area contributed by atoms with Gasteiger partial charge in [0.15, 0.2) is 0 Å². The second-order valence-electron chi connectivity index (χ2n) is 6.68. The molecule has 1 saturated heterocycles. The second kappa shape index (κ2) is 8.74. The van der Waals surface area contributed by atoms with E-state index in [0.717, 1.165) is 44.5 Å². The molecule has 25 heavy (non-hydrogen) atoms. The zero-order valence-electron chi connectivity index (χ0n) is 14.5. The average Bonchev–Trinajstić information content (AvgIpc) is 2.65. The van der Waals surface area contributed by atoms with Crippen molar-refractivity contribution in [1.82, 2.24) is 15.2 Å². The Kier molecular flexibility index (Phi) is 6.14. The molecule has 1 amide bonds. The van der Waals surface area contributed by atoms with Gasteiger partial charge in [0.25, 0.3) is 5.91 Å². The highest BCUT2D eigenvalue weighted by Crippen LogP contribution is 2.13. The van der Waals surface area contributed by atoms with Crippen LogP contribution in [0.3, 0.4) is 0 Å². The zero-order chi connectivity index (χ0) is 17.5. The number of nitrogens with one attached hydrogen (secondary N) is 1. The van der Waals surface area contributed by atoms with Crippen molar-refractivity contribution in [2.24, 2.45) is 5.73 Å². The molecule has 5 nitrogen and oxygen atoms in total. The van der Waals surface area contributed by atoms with Crippen LogP contribution in [0.2, 0.25) is 0 Å². The Morgan fingerprint density at radius 1 is 1.16 bits per heavy atom. The van der Waals surface area contributed by atoms with E-state index in [2.05, 4.69) is 15.2 Å². The molecule has 5 heteroatoms. The molecule has 0 radical (unpaired) electrons. The summed E-state index contributed by atoms with van der Waals surface area (Å²) in [5, 5.41) is 2.96. The van der Waals surface area contributed by atoms with Gasteiger partial charge in [0.2, 0.25) is 0 Å². The number of nitrogens with zero attached hydrogens (tertiary/aromatic N) is 2.